The number of carbonyl (C=O) groups is 1. The van der Waals surface area contributed by atoms with E-state index < -0.39 is 0 Å². The van der Waals surface area contributed by atoms with Crippen LogP contribution in [0.5, 0.6) is 0 Å². The van der Waals surface area contributed by atoms with Crippen LogP contribution in [0.3, 0.4) is 0 Å². The summed E-state index contributed by atoms with van der Waals surface area (Å²) in [6, 6.07) is 0.574. The Bertz CT molecular complexity index is 302. The van der Waals surface area contributed by atoms with Gasteiger partial charge in [-0.05, 0) is 49.9 Å². The first kappa shape index (κ1) is 13.2. The van der Waals surface area contributed by atoms with Crippen molar-refractivity contribution in [1.82, 2.24) is 5.32 Å². The van der Waals surface area contributed by atoms with E-state index in [9.17, 15) is 4.79 Å². The molecule has 17 heavy (non-hydrogen) atoms. The number of hydrogen-bond acceptors (Lipinski definition) is 2. The van der Waals surface area contributed by atoms with Gasteiger partial charge in [-0.1, -0.05) is 6.92 Å². The fourth-order valence-corrected chi connectivity index (χ4v) is 4.04. The lowest BCUT2D eigenvalue weighted by molar-refractivity contribution is -0.128. The number of carbonyl (C=O) groups excluding carboxylic acids is 1. The monoisotopic (exact) mass is 258 g/mol. The van der Waals surface area contributed by atoms with Crippen LogP contribution in [0.2, 0.25) is 0 Å². The molecule has 4 atom stereocenters. The molecule has 0 aromatic carbocycles. The van der Waals surface area contributed by atoms with Crippen LogP contribution in [0.1, 0.15) is 39.0 Å². The Morgan fingerprint density at radius 3 is 2.35 bits per heavy atom. The van der Waals surface area contributed by atoms with Gasteiger partial charge in [0.15, 0.2) is 0 Å². The lowest BCUT2D eigenvalue weighted by Crippen LogP contribution is -2.51. The van der Waals surface area contributed by atoms with Crippen molar-refractivity contribution >= 4 is 18.3 Å². The molecule has 4 unspecified atom stereocenters. The second-order valence-corrected chi connectivity index (χ2v) is 6.22. The number of hydrogen-bond donors (Lipinski definition) is 2. The predicted octanol–water partition coefficient (Wildman–Crippen LogP) is 1.70. The van der Waals surface area contributed by atoms with Crippen LogP contribution >= 0.6 is 12.4 Å². The molecular weight excluding hydrogens is 236 g/mol. The number of amides is 1. The number of rotatable bonds is 2. The molecule has 0 aliphatic heterocycles. The molecule has 2 bridgehead atoms. The maximum Gasteiger partial charge on any atom is 0.225 e. The summed E-state index contributed by atoms with van der Waals surface area (Å²) in [4.78, 5) is 12.2. The predicted molar refractivity (Wildman–Crippen MR) is 69.9 cm³/mol. The number of halogens is 1. The van der Waals surface area contributed by atoms with Crippen LogP contribution in [-0.4, -0.2) is 18.0 Å². The first-order valence-corrected chi connectivity index (χ1v) is 6.71. The van der Waals surface area contributed by atoms with Gasteiger partial charge in [0, 0.05) is 12.1 Å². The van der Waals surface area contributed by atoms with Crippen LogP contribution in [0.4, 0.5) is 0 Å². The van der Waals surface area contributed by atoms with Crippen molar-refractivity contribution < 1.29 is 4.79 Å². The summed E-state index contributed by atoms with van der Waals surface area (Å²) in [7, 11) is 0. The van der Waals surface area contributed by atoms with Crippen LogP contribution < -0.4 is 11.1 Å². The van der Waals surface area contributed by atoms with Gasteiger partial charge in [-0.3, -0.25) is 4.79 Å². The zero-order valence-corrected chi connectivity index (χ0v) is 11.2. The van der Waals surface area contributed by atoms with Gasteiger partial charge in [-0.25, -0.2) is 0 Å². The van der Waals surface area contributed by atoms with E-state index in [2.05, 4.69) is 12.2 Å². The van der Waals surface area contributed by atoms with Crippen molar-refractivity contribution in [2.24, 2.45) is 29.4 Å². The minimum absolute atomic E-state index is 0. The van der Waals surface area contributed by atoms with Crippen molar-refractivity contribution in [3.63, 3.8) is 0 Å². The molecular formula is C13H23ClN2O. The average Bonchev–Trinajstić information content (AvgIpc) is 2.75. The molecule has 4 heteroatoms. The number of fused-ring (bicyclic) bond motifs is 2. The highest BCUT2D eigenvalue weighted by molar-refractivity contribution is 5.85. The second kappa shape index (κ2) is 4.77. The molecule has 1 amide bonds. The van der Waals surface area contributed by atoms with E-state index >= 15 is 0 Å². The molecule has 0 spiro atoms. The topological polar surface area (TPSA) is 55.1 Å². The first-order chi connectivity index (χ1) is 7.65. The van der Waals surface area contributed by atoms with E-state index in [4.69, 9.17) is 5.73 Å². The summed E-state index contributed by atoms with van der Waals surface area (Å²) in [6.45, 7) is 2.24. The third-order valence-electron chi connectivity index (χ3n) is 5.00. The van der Waals surface area contributed by atoms with Crippen LogP contribution in [0.25, 0.3) is 0 Å². The van der Waals surface area contributed by atoms with E-state index in [1.54, 1.807) is 0 Å². The van der Waals surface area contributed by atoms with Crippen molar-refractivity contribution in [2.75, 3.05) is 0 Å². The van der Waals surface area contributed by atoms with Gasteiger partial charge in [-0.2, -0.15) is 0 Å². The van der Waals surface area contributed by atoms with E-state index in [0.29, 0.717) is 17.9 Å². The van der Waals surface area contributed by atoms with Gasteiger partial charge < -0.3 is 11.1 Å². The summed E-state index contributed by atoms with van der Waals surface area (Å²) >= 11 is 0. The Morgan fingerprint density at radius 2 is 1.82 bits per heavy atom. The zero-order valence-electron chi connectivity index (χ0n) is 10.4. The van der Waals surface area contributed by atoms with E-state index in [-0.39, 0.29) is 30.3 Å². The highest BCUT2D eigenvalue weighted by atomic mass is 35.5. The standard InChI is InChI=1S/C13H22N2O.ClH/c1-7-4-10(5-7)15-13(16)11-8-2-3-9(6-8)12(11)14;/h7-12H,2-6,14H2,1H3,(H,15,16);1H. The van der Waals surface area contributed by atoms with Gasteiger partial charge in [0.2, 0.25) is 5.91 Å². The average molecular weight is 259 g/mol. The lowest BCUT2D eigenvalue weighted by Gasteiger charge is -2.36. The Hall–Kier alpha value is -0.280. The smallest absolute Gasteiger partial charge is 0.225 e. The minimum atomic E-state index is 0. The van der Waals surface area contributed by atoms with E-state index in [0.717, 1.165) is 18.8 Å². The molecule has 0 heterocycles. The molecule has 3 nitrogen and oxygen atoms in total. The largest absolute Gasteiger partial charge is 0.353 e. The Kier molecular flexibility index (Phi) is 3.69. The number of nitrogens with one attached hydrogen (secondary N) is 1. The van der Waals surface area contributed by atoms with Crippen LogP contribution in [0, 0.1) is 23.7 Å². The Morgan fingerprint density at radius 1 is 1.18 bits per heavy atom. The quantitative estimate of drug-likeness (QED) is 0.792. The molecule has 98 valence electrons. The fraction of sp³-hybridized carbons (Fsp3) is 0.923. The molecule has 3 fully saturated rings. The molecule has 3 aliphatic carbocycles. The third-order valence-corrected chi connectivity index (χ3v) is 5.00. The van der Waals surface area contributed by atoms with Crippen molar-refractivity contribution in [1.29, 1.82) is 0 Å². The molecule has 0 aromatic rings. The maximum atomic E-state index is 12.2. The molecule has 0 radical (unpaired) electrons. The SMILES string of the molecule is CC1CC(NC(=O)C2C3CCC(C3)C2N)C1.Cl. The second-order valence-electron chi connectivity index (χ2n) is 6.22. The van der Waals surface area contributed by atoms with Crippen LogP contribution in [-0.2, 0) is 4.79 Å². The van der Waals surface area contributed by atoms with E-state index in [1.807, 2.05) is 0 Å². The molecule has 3 rings (SSSR count). The van der Waals surface area contributed by atoms with Crippen molar-refractivity contribution in [3.8, 4) is 0 Å². The van der Waals surface area contributed by atoms with Gasteiger partial charge in [0.05, 0.1) is 5.92 Å². The molecule has 3 aliphatic rings. The number of nitrogens with two attached hydrogens (primary N) is 1. The maximum absolute atomic E-state index is 12.2. The summed E-state index contributed by atoms with van der Waals surface area (Å²) in [5.41, 5.74) is 6.17. The highest BCUT2D eigenvalue weighted by Gasteiger charge is 2.49. The highest BCUT2D eigenvalue weighted by Crippen LogP contribution is 2.47. The van der Waals surface area contributed by atoms with Crippen LogP contribution in [0.15, 0.2) is 0 Å². The molecule has 0 saturated heterocycles. The fourth-order valence-electron chi connectivity index (χ4n) is 4.04. The minimum Gasteiger partial charge on any atom is -0.353 e. The van der Waals surface area contributed by atoms with E-state index in [1.165, 1.54) is 19.3 Å². The zero-order chi connectivity index (χ0) is 11.3. The van der Waals surface area contributed by atoms with Crippen molar-refractivity contribution in [2.45, 2.75) is 51.1 Å². The van der Waals surface area contributed by atoms with Gasteiger partial charge in [-0.15, -0.1) is 12.4 Å². The summed E-state index contributed by atoms with van der Waals surface area (Å²) in [5.74, 6) is 2.36. The Labute approximate surface area is 109 Å². The summed E-state index contributed by atoms with van der Waals surface area (Å²) < 4.78 is 0. The normalized spacial score (nSPS) is 47.2. The Balaban J connectivity index is 0.00000108. The van der Waals surface area contributed by atoms with Gasteiger partial charge in [0.1, 0.15) is 0 Å². The summed E-state index contributed by atoms with van der Waals surface area (Å²) in [6.07, 6.45) is 5.97. The van der Waals surface area contributed by atoms with Crippen molar-refractivity contribution in [3.05, 3.63) is 0 Å². The lowest BCUT2D eigenvalue weighted by atomic mass is 9.80. The first-order valence-electron chi connectivity index (χ1n) is 6.71. The summed E-state index contributed by atoms with van der Waals surface area (Å²) in [5, 5.41) is 3.19. The van der Waals surface area contributed by atoms with Gasteiger partial charge in [0.25, 0.3) is 0 Å². The molecule has 0 aromatic heterocycles. The molecule has 3 saturated carbocycles. The third kappa shape index (κ3) is 2.19. The molecule has 3 N–H and O–H groups in total. The van der Waals surface area contributed by atoms with Gasteiger partial charge >= 0.3 is 0 Å².